The molecule has 1 fully saturated rings. The highest BCUT2D eigenvalue weighted by molar-refractivity contribution is 5.79. The zero-order valence-electron chi connectivity index (χ0n) is 17.6. The lowest BCUT2D eigenvalue weighted by Gasteiger charge is -2.23. The molecule has 0 aliphatic heterocycles. The molecule has 0 spiro atoms. The van der Waals surface area contributed by atoms with Gasteiger partial charge in [-0.05, 0) is 36.5 Å². The Labute approximate surface area is 182 Å². The number of pyridine rings is 1. The van der Waals surface area contributed by atoms with E-state index in [0.29, 0.717) is 17.6 Å². The molecule has 0 amide bonds. The fraction of sp³-hybridized carbons (Fsp3) is 0.333. The van der Waals surface area contributed by atoms with Crippen LogP contribution in [-0.2, 0) is 0 Å². The second-order valence-corrected chi connectivity index (χ2v) is 7.75. The lowest BCUT2D eigenvalue weighted by molar-refractivity contribution is 0.373. The van der Waals surface area contributed by atoms with Crippen LogP contribution in [-0.4, -0.2) is 28.6 Å². The monoisotopic (exact) mass is 414 g/mol. The Bertz CT molecular complexity index is 1040. The first-order valence-corrected chi connectivity index (χ1v) is 10.6. The van der Waals surface area contributed by atoms with Gasteiger partial charge in [0, 0.05) is 30.1 Å². The van der Waals surface area contributed by atoms with E-state index in [0.717, 1.165) is 29.1 Å². The number of benzene rings is 1. The number of nitriles is 1. The van der Waals surface area contributed by atoms with Gasteiger partial charge in [0.25, 0.3) is 0 Å². The SMILES string of the molecule is COc1ccc(-c2cnc(Nc3cnc(C#N)cn3)cc2NCC2CCCCC2)cc1. The lowest BCUT2D eigenvalue weighted by atomic mass is 9.89. The number of rotatable bonds is 7. The molecular formula is C24H26N6O. The number of hydrogen-bond acceptors (Lipinski definition) is 7. The van der Waals surface area contributed by atoms with Gasteiger partial charge in [-0.2, -0.15) is 5.26 Å². The highest BCUT2D eigenvalue weighted by Gasteiger charge is 2.15. The number of nitrogens with one attached hydrogen (secondary N) is 2. The number of hydrogen-bond donors (Lipinski definition) is 2. The highest BCUT2D eigenvalue weighted by atomic mass is 16.5. The van der Waals surface area contributed by atoms with E-state index < -0.39 is 0 Å². The summed E-state index contributed by atoms with van der Waals surface area (Å²) in [6.45, 7) is 0.948. The van der Waals surface area contributed by atoms with Crippen molar-refractivity contribution in [2.24, 2.45) is 5.92 Å². The maximum atomic E-state index is 8.89. The summed E-state index contributed by atoms with van der Waals surface area (Å²) in [6, 6.07) is 12.0. The summed E-state index contributed by atoms with van der Waals surface area (Å²) in [5.74, 6) is 2.74. The highest BCUT2D eigenvalue weighted by Crippen LogP contribution is 2.32. The maximum Gasteiger partial charge on any atom is 0.158 e. The van der Waals surface area contributed by atoms with Gasteiger partial charge in [0.2, 0.25) is 0 Å². The van der Waals surface area contributed by atoms with E-state index in [4.69, 9.17) is 10.00 Å². The molecule has 1 aliphatic rings. The van der Waals surface area contributed by atoms with Crippen LogP contribution >= 0.6 is 0 Å². The molecule has 2 aromatic heterocycles. The summed E-state index contributed by atoms with van der Waals surface area (Å²) in [6.07, 6.45) is 11.4. The Morgan fingerprint density at radius 2 is 1.77 bits per heavy atom. The molecule has 158 valence electrons. The molecule has 0 unspecified atom stereocenters. The van der Waals surface area contributed by atoms with Gasteiger partial charge in [-0.15, -0.1) is 0 Å². The number of nitrogens with zero attached hydrogens (tertiary/aromatic N) is 4. The predicted molar refractivity (Wildman–Crippen MR) is 121 cm³/mol. The lowest BCUT2D eigenvalue weighted by Crippen LogP contribution is -2.17. The second-order valence-electron chi connectivity index (χ2n) is 7.75. The van der Waals surface area contributed by atoms with E-state index in [1.54, 1.807) is 7.11 Å². The van der Waals surface area contributed by atoms with Gasteiger partial charge in [-0.3, -0.25) is 0 Å². The van der Waals surface area contributed by atoms with Gasteiger partial charge < -0.3 is 15.4 Å². The molecule has 0 saturated heterocycles. The molecule has 4 rings (SSSR count). The summed E-state index contributed by atoms with van der Waals surface area (Å²) in [5, 5.41) is 15.7. The molecule has 31 heavy (non-hydrogen) atoms. The zero-order chi connectivity index (χ0) is 21.5. The van der Waals surface area contributed by atoms with E-state index >= 15 is 0 Å². The van der Waals surface area contributed by atoms with Crippen molar-refractivity contribution in [3.05, 3.63) is 54.6 Å². The molecule has 3 aromatic rings. The van der Waals surface area contributed by atoms with Crippen molar-refractivity contribution in [1.82, 2.24) is 15.0 Å². The van der Waals surface area contributed by atoms with Crippen LogP contribution in [0, 0.1) is 17.2 Å². The molecule has 7 heteroatoms. The third-order valence-corrected chi connectivity index (χ3v) is 5.63. The van der Waals surface area contributed by atoms with Crippen molar-refractivity contribution in [1.29, 1.82) is 5.26 Å². The topological polar surface area (TPSA) is 95.8 Å². The van der Waals surface area contributed by atoms with Crippen LogP contribution in [0.3, 0.4) is 0 Å². The fourth-order valence-electron chi connectivity index (χ4n) is 3.90. The standard InChI is InChI=1S/C24H26N6O/c1-31-20-9-7-18(8-10-20)21-15-29-23(30-24-16-26-19(12-25)14-28-24)11-22(21)27-13-17-5-3-2-4-6-17/h7-11,14-17H,2-6,13H2,1H3,(H2,27,28,29,30). The molecule has 2 N–H and O–H groups in total. The van der Waals surface area contributed by atoms with Crippen molar-refractivity contribution >= 4 is 17.3 Å². The van der Waals surface area contributed by atoms with E-state index in [9.17, 15) is 0 Å². The Hall–Kier alpha value is -3.66. The van der Waals surface area contributed by atoms with Gasteiger partial charge >= 0.3 is 0 Å². The van der Waals surface area contributed by atoms with Crippen LogP contribution in [0.15, 0.2) is 48.9 Å². The minimum atomic E-state index is 0.281. The van der Waals surface area contributed by atoms with E-state index in [1.807, 2.05) is 42.6 Å². The minimum absolute atomic E-state index is 0.281. The van der Waals surface area contributed by atoms with Crippen LogP contribution in [0.5, 0.6) is 5.75 Å². The van der Waals surface area contributed by atoms with Gasteiger partial charge in [-0.25, -0.2) is 15.0 Å². The Morgan fingerprint density at radius 3 is 2.45 bits per heavy atom. The number of anilines is 3. The predicted octanol–water partition coefficient (Wildman–Crippen LogP) is 5.15. The Balaban J connectivity index is 1.58. The van der Waals surface area contributed by atoms with Crippen molar-refractivity contribution in [3.8, 4) is 22.9 Å². The summed E-state index contributed by atoms with van der Waals surface area (Å²) < 4.78 is 5.29. The number of ether oxygens (including phenoxy) is 1. The minimum Gasteiger partial charge on any atom is -0.497 e. The molecule has 0 bridgehead atoms. The average Bonchev–Trinajstić information content (AvgIpc) is 2.84. The largest absolute Gasteiger partial charge is 0.497 e. The molecular weight excluding hydrogens is 388 g/mol. The van der Waals surface area contributed by atoms with Crippen molar-refractivity contribution in [2.45, 2.75) is 32.1 Å². The summed E-state index contributed by atoms with van der Waals surface area (Å²) in [4.78, 5) is 12.9. The molecule has 2 heterocycles. The van der Waals surface area contributed by atoms with Gasteiger partial charge in [-0.1, -0.05) is 31.4 Å². The summed E-state index contributed by atoms with van der Waals surface area (Å²) in [5.41, 5.74) is 3.41. The first kappa shape index (κ1) is 20.6. The third kappa shape index (κ3) is 5.28. The Kier molecular flexibility index (Phi) is 6.58. The van der Waals surface area contributed by atoms with Gasteiger partial charge in [0.1, 0.15) is 23.5 Å². The van der Waals surface area contributed by atoms with Crippen molar-refractivity contribution in [2.75, 3.05) is 24.3 Å². The summed E-state index contributed by atoms with van der Waals surface area (Å²) >= 11 is 0. The van der Waals surface area contributed by atoms with Crippen LogP contribution in [0.4, 0.5) is 17.3 Å². The maximum absolute atomic E-state index is 8.89. The zero-order valence-corrected chi connectivity index (χ0v) is 17.6. The molecule has 0 radical (unpaired) electrons. The molecule has 1 saturated carbocycles. The van der Waals surface area contributed by atoms with Crippen LogP contribution in [0.25, 0.3) is 11.1 Å². The quantitative estimate of drug-likeness (QED) is 0.551. The normalized spacial score (nSPS) is 13.9. The van der Waals surface area contributed by atoms with Crippen LogP contribution < -0.4 is 15.4 Å². The van der Waals surface area contributed by atoms with Gasteiger partial charge in [0.05, 0.1) is 19.5 Å². The van der Waals surface area contributed by atoms with E-state index in [1.165, 1.54) is 44.5 Å². The second kappa shape index (κ2) is 9.90. The molecule has 0 atom stereocenters. The van der Waals surface area contributed by atoms with Crippen LogP contribution in [0.2, 0.25) is 0 Å². The van der Waals surface area contributed by atoms with Crippen molar-refractivity contribution < 1.29 is 4.74 Å². The smallest absolute Gasteiger partial charge is 0.158 e. The van der Waals surface area contributed by atoms with E-state index in [-0.39, 0.29) is 5.69 Å². The number of methoxy groups -OCH3 is 1. The Morgan fingerprint density at radius 1 is 1.00 bits per heavy atom. The van der Waals surface area contributed by atoms with Gasteiger partial charge in [0.15, 0.2) is 5.69 Å². The fourth-order valence-corrected chi connectivity index (χ4v) is 3.90. The molecule has 1 aromatic carbocycles. The first-order valence-electron chi connectivity index (χ1n) is 10.6. The summed E-state index contributed by atoms with van der Waals surface area (Å²) in [7, 11) is 1.67. The van der Waals surface area contributed by atoms with Crippen LogP contribution in [0.1, 0.15) is 37.8 Å². The molecule has 7 nitrogen and oxygen atoms in total. The average molecular weight is 415 g/mol. The molecule has 1 aliphatic carbocycles. The van der Waals surface area contributed by atoms with Crippen molar-refractivity contribution in [3.63, 3.8) is 0 Å². The first-order chi connectivity index (χ1) is 15.2. The third-order valence-electron chi connectivity index (χ3n) is 5.63. The number of aromatic nitrogens is 3. The van der Waals surface area contributed by atoms with E-state index in [2.05, 4.69) is 25.6 Å².